The first-order valence-electron chi connectivity index (χ1n) is 13.0. The summed E-state index contributed by atoms with van der Waals surface area (Å²) in [4.78, 5) is 19.8. The Morgan fingerprint density at radius 2 is 1.69 bits per heavy atom. The van der Waals surface area contributed by atoms with Gasteiger partial charge < -0.3 is 24.2 Å². The molecule has 8 heteroatoms. The van der Waals surface area contributed by atoms with Crippen LogP contribution in [0.15, 0.2) is 60.7 Å². The van der Waals surface area contributed by atoms with Crippen LogP contribution in [0.3, 0.4) is 0 Å². The van der Waals surface area contributed by atoms with Crippen molar-refractivity contribution in [3.63, 3.8) is 0 Å². The lowest BCUT2D eigenvalue weighted by Gasteiger charge is -2.37. The average Bonchev–Trinajstić information content (AvgIpc) is 2.92. The molecule has 1 N–H and O–H groups in total. The largest absolute Gasteiger partial charge is 0.389 e. The molecule has 2 aromatic rings. The van der Waals surface area contributed by atoms with E-state index in [1.807, 2.05) is 65.6 Å². The normalized spacial score (nSPS) is 20.2. The molecular weight excluding hydrogens is 458 g/mol. The zero-order valence-electron chi connectivity index (χ0n) is 21.0. The van der Waals surface area contributed by atoms with Gasteiger partial charge in [0.25, 0.3) is 5.91 Å². The maximum Gasteiger partial charge on any atom is 0.253 e. The van der Waals surface area contributed by atoms with Crippen LogP contribution in [0.4, 0.5) is 0 Å². The summed E-state index contributed by atoms with van der Waals surface area (Å²) < 4.78 is 17.2. The number of benzene rings is 2. The summed E-state index contributed by atoms with van der Waals surface area (Å²) in [5.74, 6) is 0.0268. The average molecular weight is 498 g/mol. The molecule has 0 spiro atoms. The molecule has 2 saturated heterocycles. The van der Waals surface area contributed by atoms with Crippen molar-refractivity contribution in [2.75, 3.05) is 78.8 Å². The van der Waals surface area contributed by atoms with Crippen LogP contribution in [0.2, 0.25) is 0 Å². The fraction of sp³-hybridized carbons (Fsp3) is 0.536. The number of rotatable bonds is 12. The van der Waals surface area contributed by atoms with Crippen molar-refractivity contribution in [1.29, 1.82) is 0 Å². The first-order valence-corrected chi connectivity index (χ1v) is 13.0. The second-order valence-corrected chi connectivity index (χ2v) is 9.48. The molecule has 2 unspecified atom stereocenters. The number of hydrogen-bond acceptors (Lipinski definition) is 7. The van der Waals surface area contributed by atoms with Gasteiger partial charge in [0, 0.05) is 57.9 Å². The molecule has 0 aromatic heterocycles. The summed E-state index contributed by atoms with van der Waals surface area (Å²) >= 11 is 0. The quantitative estimate of drug-likeness (QED) is 0.479. The third-order valence-corrected chi connectivity index (χ3v) is 6.64. The van der Waals surface area contributed by atoms with Crippen LogP contribution in [-0.2, 0) is 20.8 Å². The molecule has 36 heavy (non-hydrogen) atoms. The molecule has 1 amide bonds. The number of aliphatic hydroxyl groups is 1. The Kier molecular flexibility index (Phi) is 10.7. The summed E-state index contributed by atoms with van der Waals surface area (Å²) in [6.45, 7) is 8.56. The predicted molar refractivity (Wildman–Crippen MR) is 138 cm³/mol. The Bertz CT molecular complexity index is 895. The van der Waals surface area contributed by atoms with E-state index in [1.165, 1.54) is 0 Å². The summed E-state index contributed by atoms with van der Waals surface area (Å²) in [6.07, 6.45) is -0.677. The third kappa shape index (κ3) is 8.65. The number of carbonyl (C=O) groups excluding carboxylic acids is 1. The van der Waals surface area contributed by atoms with E-state index in [0.717, 1.165) is 45.0 Å². The first kappa shape index (κ1) is 26.7. The van der Waals surface area contributed by atoms with Gasteiger partial charge in [-0.3, -0.25) is 14.6 Å². The number of amides is 1. The minimum Gasteiger partial charge on any atom is -0.389 e. The Hall–Kier alpha value is -2.33. The molecular formula is C28H39N3O5. The van der Waals surface area contributed by atoms with Gasteiger partial charge >= 0.3 is 0 Å². The molecule has 196 valence electrons. The van der Waals surface area contributed by atoms with Gasteiger partial charge in [0.2, 0.25) is 0 Å². The number of ether oxygens (including phenoxy) is 3. The number of hydrogen-bond donors (Lipinski definition) is 1. The van der Waals surface area contributed by atoms with Gasteiger partial charge in [-0.15, -0.1) is 0 Å². The van der Waals surface area contributed by atoms with E-state index in [4.69, 9.17) is 14.2 Å². The Labute approximate surface area is 214 Å². The van der Waals surface area contributed by atoms with Crippen molar-refractivity contribution in [3.05, 3.63) is 71.8 Å². The molecule has 0 aliphatic carbocycles. The van der Waals surface area contributed by atoms with Crippen molar-refractivity contribution in [2.24, 2.45) is 0 Å². The molecule has 2 atom stereocenters. The SMILES string of the molecule is O=C(c1ccccc1)N(CCN1CCOCC1)CC1CN(CC(O)COCc2ccccc2)CCO1. The molecule has 0 bridgehead atoms. The fourth-order valence-electron chi connectivity index (χ4n) is 4.67. The van der Waals surface area contributed by atoms with Crippen molar-refractivity contribution in [3.8, 4) is 0 Å². The van der Waals surface area contributed by atoms with E-state index in [-0.39, 0.29) is 18.6 Å². The van der Waals surface area contributed by atoms with E-state index < -0.39 is 6.10 Å². The third-order valence-electron chi connectivity index (χ3n) is 6.64. The molecule has 2 aliphatic rings. The number of nitrogens with zero attached hydrogens (tertiary/aromatic N) is 3. The summed E-state index contributed by atoms with van der Waals surface area (Å²) in [5, 5.41) is 10.5. The molecule has 0 saturated carbocycles. The standard InChI is InChI=1S/C28H39N3O5/c32-26(23-35-22-24-7-3-1-4-8-24)19-30-15-18-36-27(20-30)21-31(12-11-29-13-16-34-17-14-29)28(33)25-9-5-2-6-10-25/h1-10,26-27,32H,11-23H2. The van der Waals surface area contributed by atoms with Gasteiger partial charge in [0.15, 0.2) is 0 Å². The first-order chi connectivity index (χ1) is 17.7. The van der Waals surface area contributed by atoms with Crippen LogP contribution in [0, 0.1) is 0 Å². The van der Waals surface area contributed by atoms with Crippen molar-refractivity contribution >= 4 is 5.91 Å². The van der Waals surface area contributed by atoms with Gasteiger partial charge in [0.1, 0.15) is 0 Å². The number of carbonyl (C=O) groups is 1. The predicted octanol–water partition coefficient (Wildman–Crippen LogP) is 1.74. The minimum absolute atomic E-state index is 0.0268. The van der Waals surface area contributed by atoms with E-state index in [1.54, 1.807) is 0 Å². The van der Waals surface area contributed by atoms with Crippen LogP contribution >= 0.6 is 0 Å². The zero-order valence-corrected chi connectivity index (χ0v) is 21.0. The molecule has 4 rings (SSSR count). The number of aliphatic hydroxyl groups excluding tert-OH is 1. The lowest BCUT2D eigenvalue weighted by Crippen LogP contribution is -2.52. The highest BCUT2D eigenvalue weighted by Crippen LogP contribution is 2.12. The number of morpholine rings is 2. The van der Waals surface area contributed by atoms with Crippen LogP contribution < -0.4 is 0 Å². The van der Waals surface area contributed by atoms with Crippen LogP contribution in [0.1, 0.15) is 15.9 Å². The van der Waals surface area contributed by atoms with E-state index in [0.29, 0.717) is 45.0 Å². The van der Waals surface area contributed by atoms with Gasteiger partial charge in [-0.25, -0.2) is 0 Å². The van der Waals surface area contributed by atoms with Gasteiger partial charge in [-0.2, -0.15) is 0 Å². The van der Waals surface area contributed by atoms with E-state index >= 15 is 0 Å². The molecule has 2 aliphatic heterocycles. The van der Waals surface area contributed by atoms with Crippen LogP contribution in [-0.4, -0.2) is 117 Å². The lowest BCUT2D eigenvalue weighted by atomic mass is 10.1. The minimum atomic E-state index is -0.573. The smallest absolute Gasteiger partial charge is 0.253 e. The number of β-amino-alcohol motifs (C(OH)–C–C–N with tert-alkyl or cyclic N) is 1. The molecule has 2 fully saturated rings. The molecule has 8 nitrogen and oxygen atoms in total. The summed E-state index contributed by atoms with van der Waals surface area (Å²) in [6, 6.07) is 19.4. The van der Waals surface area contributed by atoms with Crippen LogP contribution in [0.25, 0.3) is 0 Å². The zero-order chi connectivity index (χ0) is 25.0. The molecule has 2 heterocycles. The maximum absolute atomic E-state index is 13.3. The maximum atomic E-state index is 13.3. The fourth-order valence-corrected chi connectivity index (χ4v) is 4.67. The van der Waals surface area contributed by atoms with Gasteiger partial charge in [-0.1, -0.05) is 48.5 Å². The lowest BCUT2D eigenvalue weighted by molar-refractivity contribution is -0.0604. The topological polar surface area (TPSA) is 74.7 Å². The summed E-state index contributed by atoms with van der Waals surface area (Å²) in [7, 11) is 0. The van der Waals surface area contributed by atoms with Crippen molar-refractivity contribution in [2.45, 2.75) is 18.8 Å². The Balaban J connectivity index is 1.27. The van der Waals surface area contributed by atoms with E-state index in [9.17, 15) is 9.90 Å². The monoisotopic (exact) mass is 497 g/mol. The highest BCUT2D eigenvalue weighted by atomic mass is 16.5. The van der Waals surface area contributed by atoms with Crippen molar-refractivity contribution < 1.29 is 24.1 Å². The molecule has 2 aromatic carbocycles. The highest BCUT2D eigenvalue weighted by molar-refractivity contribution is 5.94. The van der Waals surface area contributed by atoms with Gasteiger partial charge in [-0.05, 0) is 17.7 Å². The van der Waals surface area contributed by atoms with Crippen molar-refractivity contribution in [1.82, 2.24) is 14.7 Å². The highest BCUT2D eigenvalue weighted by Gasteiger charge is 2.27. The van der Waals surface area contributed by atoms with E-state index in [2.05, 4.69) is 9.80 Å². The second-order valence-electron chi connectivity index (χ2n) is 9.48. The Morgan fingerprint density at radius 1 is 1.00 bits per heavy atom. The molecule has 0 radical (unpaired) electrons. The Morgan fingerprint density at radius 3 is 2.44 bits per heavy atom. The van der Waals surface area contributed by atoms with Gasteiger partial charge in [0.05, 0.1) is 45.2 Å². The second kappa shape index (κ2) is 14.4. The summed E-state index contributed by atoms with van der Waals surface area (Å²) in [5.41, 5.74) is 1.79. The van der Waals surface area contributed by atoms with Crippen LogP contribution in [0.5, 0.6) is 0 Å².